The molecule has 1 saturated heterocycles. The SMILES string of the molecule is CCOc1ccc(C[C@H](NC(=O)[C@@H](N)CCCCOC(=O)c2ccccc2)C(=O)N[C@@H](Cc2ccc(OCC)cc2)C(=O)N2CCCC[C@@H]2C(=O)O)cc1.Cl. The molecule has 3 amide bonds. The molecule has 3 aromatic rings. The number of piperidine rings is 1. The van der Waals surface area contributed by atoms with Crippen molar-refractivity contribution in [2.24, 2.45) is 5.73 Å². The zero-order valence-corrected chi connectivity index (χ0v) is 32.3. The van der Waals surface area contributed by atoms with E-state index < -0.39 is 53.8 Å². The number of hydrogen-bond donors (Lipinski definition) is 4. The Labute approximate surface area is 328 Å². The Balaban J connectivity index is 0.00000812. The maximum Gasteiger partial charge on any atom is 0.338 e. The van der Waals surface area contributed by atoms with Crippen LogP contribution in [0.3, 0.4) is 0 Å². The van der Waals surface area contributed by atoms with E-state index in [4.69, 9.17) is 19.9 Å². The predicted molar refractivity (Wildman–Crippen MR) is 209 cm³/mol. The monoisotopic (exact) mass is 780 g/mol. The quantitative estimate of drug-likeness (QED) is 0.0941. The lowest BCUT2D eigenvalue weighted by molar-refractivity contribution is -0.153. The van der Waals surface area contributed by atoms with Gasteiger partial charge in [0.2, 0.25) is 17.7 Å². The number of nitrogens with one attached hydrogen (secondary N) is 2. The lowest BCUT2D eigenvalue weighted by Crippen LogP contribution is -2.59. The van der Waals surface area contributed by atoms with Crippen molar-refractivity contribution in [3.05, 3.63) is 95.6 Å². The molecule has 0 aromatic heterocycles. The zero-order chi connectivity index (χ0) is 38.9. The molecule has 4 rings (SSSR count). The van der Waals surface area contributed by atoms with Gasteiger partial charge in [-0.15, -0.1) is 12.4 Å². The normalized spacial score (nSPS) is 15.3. The number of unbranched alkanes of at least 4 members (excludes halogenated alkanes) is 1. The number of aliphatic carboxylic acids is 1. The molecular weight excluding hydrogens is 728 g/mol. The van der Waals surface area contributed by atoms with Crippen molar-refractivity contribution in [3.8, 4) is 11.5 Å². The molecule has 1 aliphatic heterocycles. The van der Waals surface area contributed by atoms with Crippen molar-refractivity contribution in [3.63, 3.8) is 0 Å². The number of carboxylic acid groups (broad SMARTS) is 1. The number of hydrogen-bond acceptors (Lipinski definition) is 9. The molecular formula is C41H53ClN4O9. The van der Waals surface area contributed by atoms with E-state index in [0.717, 1.165) is 11.1 Å². The molecule has 0 saturated carbocycles. The summed E-state index contributed by atoms with van der Waals surface area (Å²) in [6.07, 6.45) is 3.04. The van der Waals surface area contributed by atoms with E-state index in [2.05, 4.69) is 10.6 Å². The Kier molecular flexibility index (Phi) is 18.5. The van der Waals surface area contributed by atoms with Crippen LogP contribution in [0.4, 0.5) is 0 Å². The molecule has 0 unspecified atom stereocenters. The number of rotatable bonds is 20. The van der Waals surface area contributed by atoms with Crippen molar-refractivity contribution in [2.75, 3.05) is 26.4 Å². The highest BCUT2D eigenvalue weighted by Gasteiger charge is 2.37. The van der Waals surface area contributed by atoms with E-state index in [-0.39, 0.29) is 44.8 Å². The van der Waals surface area contributed by atoms with E-state index in [1.807, 2.05) is 19.9 Å². The fourth-order valence-corrected chi connectivity index (χ4v) is 6.28. The third kappa shape index (κ3) is 13.9. The molecule has 4 atom stereocenters. The molecule has 55 heavy (non-hydrogen) atoms. The number of nitrogens with two attached hydrogens (primary N) is 1. The number of nitrogens with zero attached hydrogens (tertiary/aromatic N) is 1. The van der Waals surface area contributed by atoms with Gasteiger partial charge < -0.3 is 40.6 Å². The summed E-state index contributed by atoms with van der Waals surface area (Å²) in [6, 6.07) is 18.7. The molecule has 298 valence electrons. The number of likely N-dealkylation sites (tertiary alicyclic amines) is 1. The van der Waals surface area contributed by atoms with Gasteiger partial charge in [-0.2, -0.15) is 0 Å². The van der Waals surface area contributed by atoms with Crippen molar-refractivity contribution in [2.45, 2.75) is 89.4 Å². The second-order valence-electron chi connectivity index (χ2n) is 13.2. The van der Waals surface area contributed by atoms with Crippen LogP contribution in [0, 0.1) is 0 Å². The second kappa shape index (κ2) is 22.9. The smallest absolute Gasteiger partial charge is 0.338 e. The van der Waals surface area contributed by atoms with Gasteiger partial charge >= 0.3 is 11.9 Å². The molecule has 3 aromatic carbocycles. The Morgan fingerprint density at radius 1 is 0.782 bits per heavy atom. The standard InChI is InChI=1S/C41H52N4O9.ClH/c1-3-52-31-20-16-28(17-21-31)26-34(43-37(46)33(42)14-9-11-25-54-41(51)30-12-6-5-7-13-30)38(47)44-35(27-29-18-22-32(23-19-29)53-4-2)39(48)45-24-10-8-15-36(45)40(49)50;/h5-7,12-13,16-23,33-36H,3-4,8-11,14-15,24-27,42H2,1-2H3,(H,43,46)(H,44,47)(H,49,50);1H/t33-,34-,35-,36+;/m0./s1. The maximum absolute atomic E-state index is 14.2. The molecule has 5 N–H and O–H groups in total. The van der Waals surface area contributed by atoms with Gasteiger partial charge in [-0.1, -0.05) is 42.5 Å². The molecule has 14 heteroatoms. The minimum Gasteiger partial charge on any atom is -0.494 e. The van der Waals surface area contributed by atoms with E-state index in [9.17, 15) is 29.1 Å². The predicted octanol–water partition coefficient (Wildman–Crippen LogP) is 4.48. The van der Waals surface area contributed by atoms with Crippen LogP contribution in [0.1, 0.15) is 73.9 Å². The van der Waals surface area contributed by atoms with Crippen LogP contribution in [0.2, 0.25) is 0 Å². The van der Waals surface area contributed by atoms with Gasteiger partial charge in [0.25, 0.3) is 0 Å². The number of esters is 1. The van der Waals surface area contributed by atoms with Crippen molar-refractivity contribution in [1.29, 1.82) is 0 Å². The van der Waals surface area contributed by atoms with E-state index >= 15 is 0 Å². The van der Waals surface area contributed by atoms with E-state index in [1.165, 1.54) is 4.90 Å². The highest BCUT2D eigenvalue weighted by molar-refractivity contribution is 5.94. The number of ether oxygens (including phenoxy) is 3. The number of carboxylic acids is 1. The minimum absolute atomic E-state index is 0. The van der Waals surface area contributed by atoms with Crippen molar-refractivity contribution < 1.29 is 43.3 Å². The molecule has 0 spiro atoms. The highest BCUT2D eigenvalue weighted by Crippen LogP contribution is 2.21. The summed E-state index contributed by atoms with van der Waals surface area (Å²) < 4.78 is 16.4. The lowest BCUT2D eigenvalue weighted by Gasteiger charge is -2.36. The zero-order valence-electron chi connectivity index (χ0n) is 31.4. The fraction of sp³-hybridized carbons (Fsp3) is 0.439. The van der Waals surface area contributed by atoms with Gasteiger partial charge in [0.1, 0.15) is 29.6 Å². The van der Waals surface area contributed by atoms with Crippen LogP contribution in [0.5, 0.6) is 11.5 Å². The van der Waals surface area contributed by atoms with Gasteiger partial charge in [0, 0.05) is 19.4 Å². The molecule has 0 aliphatic carbocycles. The molecule has 0 radical (unpaired) electrons. The molecule has 1 aliphatic rings. The first-order chi connectivity index (χ1) is 26.1. The third-order valence-corrected chi connectivity index (χ3v) is 9.16. The van der Waals surface area contributed by atoms with Gasteiger partial charge in [-0.3, -0.25) is 14.4 Å². The number of carbonyl (C=O) groups is 5. The van der Waals surface area contributed by atoms with E-state index in [0.29, 0.717) is 62.4 Å². The van der Waals surface area contributed by atoms with Crippen LogP contribution < -0.4 is 25.8 Å². The Morgan fingerprint density at radius 2 is 1.35 bits per heavy atom. The summed E-state index contributed by atoms with van der Waals surface area (Å²) in [5.41, 5.74) is 8.18. The fourth-order valence-electron chi connectivity index (χ4n) is 6.28. The van der Waals surface area contributed by atoms with E-state index in [1.54, 1.807) is 72.8 Å². The second-order valence-corrected chi connectivity index (χ2v) is 13.2. The first kappa shape index (κ1) is 44.3. The molecule has 1 fully saturated rings. The van der Waals surface area contributed by atoms with Gasteiger partial charge in [-0.25, -0.2) is 9.59 Å². The number of amides is 3. The minimum atomic E-state index is -1.12. The summed E-state index contributed by atoms with van der Waals surface area (Å²) in [6.45, 7) is 5.12. The van der Waals surface area contributed by atoms with Crippen LogP contribution in [0.25, 0.3) is 0 Å². The summed E-state index contributed by atoms with van der Waals surface area (Å²) in [5, 5.41) is 15.6. The largest absolute Gasteiger partial charge is 0.494 e. The summed E-state index contributed by atoms with van der Waals surface area (Å²) >= 11 is 0. The van der Waals surface area contributed by atoms with Crippen LogP contribution >= 0.6 is 12.4 Å². The van der Waals surface area contributed by atoms with Crippen molar-refractivity contribution >= 4 is 42.1 Å². The molecule has 13 nitrogen and oxygen atoms in total. The summed E-state index contributed by atoms with van der Waals surface area (Å²) in [5.74, 6) is -1.92. The average molecular weight is 781 g/mol. The summed E-state index contributed by atoms with van der Waals surface area (Å²) in [4.78, 5) is 67.4. The Hall–Kier alpha value is -5.14. The first-order valence-electron chi connectivity index (χ1n) is 18.6. The van der Waals surface area contributed by atoms with Gasteiger partial charge in [-0.05, 0) is 99.9 Å². The first-order valence-corrected chi connectivity index (χ1v) is 18.6. The van der Waals surface area contributed by atoms with Crippen LogP contribution in [-0.2, 0) is 36.8 Å². The topological polar surface area (TPSA) is 187 Å². The third-order valence-electron chi connectivity index (χ3n) is 9.16. The number of halogens is 1. The maximum atomic E-state index is 14.2. The molecule has 0 bridgehead atoms. The number of benzene rings is 3. The molecule has 1 heterocycles. The van der Waals surface area contributed by atoms with Gasteiger partial charge in [0.15, 0.2) is 0 Å². The lowest BCUT2D eigenvalue weighted by atomic mass is 9.98. The number of carbonyl (C=O) groups excluding carboxylic acids is 4. The van der Waals surface area contributed by atoms with Crippen LogP contribution in [-0.4, -0.2) is 90.2 Å². The van der Waals surface area contributed by atoms with Gasteiger partial charge in [0.05, 0.1) is 31.4 Å². The summed E-state index contributed by atoms with van der Waals surface area (Å²) in [7, 11) is 0. The Bertz CT molecular complexity index is 1680. The van der Waals surface area contributed by atoms with Crippen molar-refractivity contribution in [1.82, 2.24) is 15.5 Å². The van der Waals surface area contributed by atoms with Crippen LogP contribution in [0.15, 0.2) is 78.9 Å². The highest BCUT2D eigenvalue weighted by atomic mass is 35.5. The Morgan fingerprint density at radius 3 is 1.91 bits per heavy atom. The average Bonchev–Trinajstić information content (AvgIpc) is 3.18.